The summed E-state index contributed by atoms with van der Waals surface area (Å²) < 4.78 is 0. The first-order valence-electron chi connectivity index (χ1n) is 5.17. The summed E-state index contributed by atoms with van der Waals surface area (Å²) in [4.78, 5) is 0. The minimum atomic E-state index is 0.0795. The molecule has 2 nitrogen and oxygen atoms in total. The maximum atomic E-state index is 9.46. The first-order valence-corrected chi connectivity index (χ1v) is 5.17. The lowest BCUT2D eigenvalue weighted by Gasteiger charge is -2.09. The van der Waals surface area contributed by atoms with Gasteiger partial charge in [-0.05, 0) is 48.2 Å². The minimum absolute atomic E-state index is 0.0795. The number of rotatable bonds is 1. The Morgan fingerprint density at radius 1 is 0.875 bits per heavy atom. The Hall–Kier alpha value is -1.96. The van der Waals surface area contributed by atoms with Crippen molar-refractivity contribution < 1.29 is 10.2 Å². The van der Waals surface area contributed by atoms with Gasteiger partial charge in [-0.15, -0.1) is 0 Å². The molecule has 2 aromatic rings. The Bertz CT molecular complexity index is 510. The molecule has 0 atom stereocenters. The second-order valence-electron chi connectivity index (χ2n) is 3.99. The summed E-state index contributed by atoms with van der Waals surface area (Å²) in [5.74, 6) is 0.159. The fourth-order valence-electron chi connectivity index (χ4n) is 1.81. The van der Waals surface area contributed by atoms with E-state index < -0.39 is 0 Å². The first-order chi connectivity index (χ1) is 7.58. The van der Waals surface area contributed by atoms with Crippen molar-refractivity contribution >= 4 is 0 Å². The highest BCUT2D eigenvalue weighted by Crippen LogP contribution is 2.31. The van der Waals surface area contributed by atoms with Crippen molar-refractivity contribution in [1.29, 1.82) is 0 Å². The predicted molar refractivity (Wildman–Crippen MR) is 64.7 cm³/mol. The molecule has 0 saturated heterocycles. The van der Waals surface area contributed by atoms with Crippen LogP contribution in [0.4, 0.5) is 0 Å². The zero-order valence-electron chi connectivity index (χ0n) is 9.36. The first kappa shape index (κ1) is 10.6. The molecule has 2 aromatic carbocycles. The summed E-state index contributed by atoms with van der Waals surface area (Å²) in [6.07, 6.45) is 0. The van der Waals surface area contributed by atoms with E-state index in [0.717, 1.165) is 16.7 Å². The van der Waals surface area contributed by atoms with E-state index in [9.17, 15) is 10.2 Å². The van der Waals surface area contributed by atoms with E-state index in [1.807, 2.05) is 32.0 Å². The smallest absolute Gasteiger partial charge is 0.119 e. The summed E-state index contributed by atoms with van der Waals surface area (Å²) in [6.45, 7) is 4.08. The van der Waals surface area contributed by atoms with Gasteiger partial charge in [-0.2, -0.15) is 0 Å². The molecule has 0 spiro atoms. The summed E-state index contributed by atoms with van der Waals surface area (Å²) in [5.41, 5.74) is 4.22. The molecule has 0 amide bonds. The minimum Gasteiger partial charge on any atom is -0.508 e. The van der Waals surface area contributed by atoms with Gasteiger partial charge in [0.1, 0.15) is 11.5 Å². The average Bonchev–Trinajstić information content (AvgIpc) is 2.20. The highest BCUT2D eigenvalue weighted by Gasteiger charge is 2.06. The Morgan fingerprint density at radius 2 is 1.50 bits per heavy atom. The monoisotopic (exact) mass is 214 g/mol. The van der Waals surface area contributed by atoms with Crippen LogP contribution in [0.1, 0.15) is 11.1 Å². The summed E-state index contributed by atoms with van der Waals surface area (Å²) in [6, 6.07) is 10.6. The van der Waals surface area contributed by atoms with Gasteiger partial charge in [-0.3, -0.25) is 0 Å². The molecule has 0 saturated carbocycles. The van der Waals surface area contributed by atoms with E-state index in [1.165, 1.54) is 11.6 Å². The molecule has 2 heteroatoms. The van der Waals surface area contributed by atoms with Crippen molar-refractivity contribution in [2.45, 2.75) is 13.8 Å². The van der Waals surface area contributed by atoms with Gasteiger partial charge in [-0.1, -0.05) is 18.2 Å². The Labute approximate surface area is 94.8 Å². The predicted octanol–water partition coefficient (Wildman–Crippen LogP) is 3.38. The molecule has 0 aromatic heterocycles. The van der Waals surface area contributed by atoms with Crippen molar-refractivity contribution in [3.05, 3.63) is 47.5 Å². The van der Waals surface area contributed by atoms with Gasteiger partial charge in [0.2, 0.25) is 0 Å². The average molecular weight is 214 g/mol. The zero-order chi connectivity index (χ0) is 11.7. The third kappa shape index (κ3) is 1.87. The fourth-order valence-corrected chi connectivity index (χ4v) is 1.81. The lowest BCUT2D eigenvalue weighted by atomic mass is 9.97. The zero-order valence-corrected chi connectivity index (χ0v) is 9.36. The maximum Gasteiger partial charge on any atom is 0.119 e. The summed E-state index contributed by atoms with van der Waals surface area (Å²) in [5, 5.41) is 18.9. The van der Waals surface area contributed by atoms with Crippen molar-refractivity contribution in [2.75, 3.05) is 0 Å². The van der Waals surface area contributed by atoms with Crippen molar-refractivity contribution in [2.24, 2.45) is 0 Å². The normalized spacial score (nSPS) is 10.4. The van der Waals surface area contributed by atoms with Gasteiger partial charge in [0, 0.05) is 6.07 Å². The maximum absolute atomic E-state index is 9.46. The van der Waals surface area contributed by atoms with Crippen LogP contribution in [0.3, 0.4) is 0 Å². The third-order valence-corrected chi connectivity index (χ3v) is 2.82. The number of benzene rings is 2. The van der Waals surface area contributed by atoms with Gasteiger partial charge < -0.3 is 10.2 Å². The Balaban J connectivity index is 2.63. The molecular weight excluding hydrogens is 200 g/mol. The molecule has 0 fully saturated rings. The molecule has 0 unspecified atom stereocenters. The molecule has 0 radical (unpaired) electrons. The second-order valence-corrected chi connectivity index (χ2v) is 3.99. The quantitative estimate of drug-likeness (QED) is 0.764. The SMILES string of the molecule is Cc1cccc(-c2cc(O)cc(O)c2)c1C. The largest absolute Gasteiger partial charge is 0.508 e. The molecule has 0 heterocycles. The third-order valence-electron chi connectivity index (χ3n) is 2.82. The summed E-state index contributed by atoms with van der Waals surface area (Å²) in [7, 11) is 0. The molecular formula is C14H14O2. The second kappa shape index (κ2) is 3.89. The van der Waals surface area contributed by atoms with Gasteiger partial charge in [-0.25, -0.2) is 0 Å². The van der Waals surface area contributed by atoms with Gasteiger partial charge in [0.25, 0.3) is 0 Å². The fraction of sp³-hybridized carbons (Fsp3) is 0.143. The van der Waals surface area contributed by atoms with Crippen molar-refractivity contribution in [3.63, 3.8) is 0 Å². The van der Waals surface area contributed by atoms with Crippen LogP contribution in [0, 0.1) is 13.8 Å². The van der Waals surface area contributed by atoms with Crippen LogP contribution in [0.25, 0.3) is 11.1 Å². The molecule has 2 N–H and O–H groups in total. The highest BCUT2D eigenvalue weighted by atomic mass is 16.3. The van der Waals surface area contributed by atoms with Crippen LogP contribution in [0.15, 0.2) is 36.4 Å². The number of aryl methyl sites for hydroxylation is 1. The van der Waals surface area contributed by atoms with Crippen LogP contribution < -0.4 is 0 Å². The molecule has 82 valence electrons. The Kier molecular flexibility index (Phi) is 2.57. The van der Waals surface area contributed by atoms with Crippen LogP contribution in [-0.4, -0.2) is 10.2 Å². The van der Waals surface area contributed by atoms with Crippen LogP contribution in [0.5, 0.6) is 11.5 Å². The number of aromatic hydroxyl groups is 2. The number of hydrogen-bond acceptors (Lipinski definition) is 2. The number of phenols is 2. The number of phenolic OH excluding ortho intramolecular Hbond substituents is 2. The van der Waals surface area contributed by atoms with Crippen LogP contribution in [0.2, 0.25) is 0 Å². The topological polar surface area (TPSA) is 40.5 Å². The molecule has 2 rings (SSSR count). The van der Waals surface area contributed by atoms with Gasteiger partial charge in [0.15, 0.2) is 0 Å². The van der Waals surface area contributed by atoms with Gasteiger partial charge >= 0.3 is 0 Å². The molecule has 0 aliphatic carbocycles. The van der Waals surface area contributed by atoms with Crippen LogP contribution >= 0.6 is 0 Å². The Morgan fingerprint density at radius 3 is 2.12 bits per heavy atom. The van der Waals surface area contributed by atoms with Gasteiger partial charge in [0.05, 0.1) is 0 Å². The summed E-state index contributed by atoms with van der Waals surface area (Å²) >= 11 is 0. The van der Waals surface area contributed by atoms with Crippen molar-refractivity contribution in [3.8, 4) is 22.6 Å². The number of hydrogen-bond donors (Lipinski definition) is 2. The lowest BCUT2D eigenvalue weighted by Crippen LogP contribution is -1.86. The van der Waals surface area contributed by atoms with E-state index in [1.54, 1.807) is 12.1 Å². The lowest BCUT2D eigenvalue weighted by molar-refractivity contribution is 0.451. The molecule has 0 aliphatic rings. The van der Waals surface area contributed by atoms with E-state index in [0.29, 0.717) is 0 Å². The molecule has 0 bridgehead atoms. The van der Waals surface area contributed by atoms with Crippen molar-refractivity contribution in [1.82, 2.24) is 0 Å². The standard InChI is InChI=1S/C14H14O2/c1-9-4-3-5-14(10(9)2)11-6-12(15)8-13(16)7-11/h3-8,15-16H,1-2H3. The highest BCUT2D eigenvalue weighted by molar-refractivity contribution is 5.71. The van der Waals surface area contributed by atoms with E-state index in [4.69, 9.17) is 0 Å². The van der Waals surface area contributed by atoms with E-state index in [2.05, 4.69) is 0 Å². The molecule has 0 aliphatic heterocycles. The van der Waals surface area contributed by atoms with E-state index in [-0.39, 0.29) is 11.5 Å². The molecule has 16 heavy (non-hydrogen) atoms. The van der Waals surface area contributed by atoms with E-state index >= 15 is 0 Å². The van der Waals surface area contributed by atoms with Crippen LogP contribution in [-0.2, 0) is 0 Å².